The van der Waals surface area contributed by atoms with Crippen LogP contribution >= 0.6 is 0 Å². The van der Waals surface area contributed by atoms with Gasteiger partial charge in [-0.15, -0.1) is 0 Å². The van der Waals surface area contributed by atoms with Gasteiger partial charge in [0, 0.05) is 12.8 Å². The van der Waals surface area contributed by atoms with Crippen LogP contribution in [-0.2, 0) is 9.59 Å². The van der Waals surface area contributed by atoms with Gasteiger partial charge in [0.2, 0.25) is 0 Å². The molecule has 0 aliphatic heterocycles. The molecule has 0 aromatic heterocycles. The van der Waals surface area contributed by atoms with Crippen molar-refractivity contribution in [2.75, 3.05) is 0 Å². The fourth-order valence-corrected chi connectivity index (χ4v) is 2.49. The zero-order valence-electron chi connectivity index (χ0n) is 12.8. The summed E-state index contributed by atoms with van der Waals surface area (Å²) in [6, 6.07) is 0. The van der Waals surface area contributed by atoms with Crippen LogP contribution < -0.4 is 0 Å². The highest BCUT2D eigenvalue weighted by Gasteiger charge is 2.14. The number of carboxylic acid groups (broad SMARTS) is 2. The third-order valence-corrected chi connectivity index (χ3v) is 3.70. The molecule has 0 rings (SSSR count). The van der Waals surface area contributed by atoms with E-state index < -0.39 is 11.9 Å². The summed E-state index contributed by atoms with van der Waals surface area (Å²) in [6.07, 6.45) is 11.3. The summed E-state index contributed by atoms with van der Waals surface area (Å²) in [5.41, 5.74) is 0. The molecule has 1 unspecified atom stereocenters. The van der Waals surface area contributed by atoms with E-state index in [2.05, 4.69) is 6.92 Å². The summed E-state index contributed by atoms with van der Waals surface area (Å²) in [5, 5.41) is 17.5. The number of hydrogen-bond acceptors (Lipinski definition) is 2. The topological polar surface area (TPSA) is 74.6 Å². The van der Waals surface area contributed by atoms with Crippen molar-refractivity contribution in [3.63, 3.8) is 0 Å². The van der Waals surface area contributed by atoms with E-state index in [-0.39, 0.29) is 18.8 Å². The Kier molecular flexibility index (Phi) is 12.3. The Morgan fingerprint density at radius 1 is 0.800 bits per heavy atom. The molecule has 4 heteroatoms. The molecule has 0 aliphatic carbocycles. The minimum absolute atomic E-state index is 0.0173. The zero-order valence-corrected chi connectivity index (χ0v) is 12.8. The summed E-state index contributed by atoms with van der Waals surface area (Å²) < 4.78 is 0. The summed E-state index contributed by atoms with van der Waals surface area (Å²) in [4.78, 5) is 21.3. The van der Waals surface area contributed by atoms with Crippen LogP contribution in [0.3, 0.4) is 0 Å². The fourth-order valence-electron chi connectivity index (χ4n) is 2.49. The second-order valence-corrected chi connectivity index (χ2v) is 5.66. The molecule has 0 aliphatic rings. The minimum atomic E-state index is -0.837. The number of carboxylic acids is 2. The molecule has 1 atom stereocenters. The lowest BCUT2D eigenvalue weighted by atomic mass is 9.93. The average Bonchev–Trinajstić information content (AvgIpc) is 2.38. The Bertz CT molecular complexity index is 263. The van der Waals surface area contributed by atoms with Crippen LogP contribution in [0.5, 0.6) is 0 Å². The molecule has 0 saturated carbocycles. The molecule has 4 nitrogen and oxygen atoms in total. The van der Waals surface area contributed by atoms with Crippen LogP contribution in [0.2, 0.25) is 0 Å². The van der Waals surface area contributed by atoms with Gasteiger partial charge >= 0.3 is 11.9 Å². The third-order valence-electron chi connectivity index (χ3n) is 3.70. The van der Waals surface area contributed by atoms with Crippen molar-refractivity contribution in [2.45, 2.75) is 84.0 Å². The molecule has 20 heavy (non-hydrogen) atoms. The molecule has 0 radical (unpaired) electrons. The van der Waals surface area contributed by atoms with Gasteiger partial charge < -0.3 is 10.2 Å². The van der Waals surface area contributed by atoms with E-state index in [4.69, 9.17) is 10.2 Å². The number of aliphatic carboxylic acids is 2. The maximum Gasteiger partial charge on any atom is 0.303 e. The van der Waals surface area contributed by atoms with Crippen molar-refractivity contribution >= 4 is 11.9 Å². The Hall–Kier alpha value is -1.06. The van der Waals surface area contributed by atoms with Crippen molar-refractivity contribution in [3.8, 4) is 0 Å². The molecule has 2 N–H and O–H groups in total. The van der Waals surface area contributed by atoms with E-state index in [1.807, 2.05) is 0 Å². The van der Waals surface area contributed by atoms with Crippen molar-refractivity contribution in [1.82, 2.24) is 0 Å². The van der Waals surface area contributed by atoms with Crippen LogP contribution in [0.15, 0.2) is 0 Å². The Labute approximate surface area is 122 Å². The number of carbonyl (C=O) groups is 2. The van der Waals surface area contributed by atoms with Gasteiger partial charge in [0.1, 0.15) is 0 Å². The predicted octanol–water partition coefficient (Wildman–Crippen LogP) is 4.47. The first-order valence-electron chi connectivity index (χ1n) is 7.99. The molecular weight excluding hydrogens is 256 g/mol. The first-order chi connectivity index (χ1) is 9.56. The van der Waals surface area contributed by atoms with Crippen molar-refractivity contribution in [3.05, 3.63) is 0 Å². The third kappa shape index (κ3) is 13.4. The highest BCUT2D eigenvalue weighted by Crippen LogP contribution is 2.20. The zero-order chi connectivity index (χ0) is 15.2. The van der Waals surface area contributed by atoms with E-state index >= 15 is 0 Å². The lowest BCUT2D eigenvalue weighted by molar-refractivity contribution is -0.140. The first kappa shape index (κ1) is 18.9. The molecule has 0 spiro atoms. The van der Waals surface area contributed by atoms with E-state index in [0.29, 0.717) is 6.42 Å². The summed E-state index contributed by atoms with van der Waals surface area (Å²) in [5.74, 6) is -1.64. The molecular formula is C16H30O4. The van der Waals surface area contributed by atoms with Gasteiger partial charge in [-0.3, -0.25) is 9.59 Å². The predicted molar refractivity (Wildman–Crippen MR) is 79.8 cm³/mol. The summed E-state index contributed by atoms with van der Waals surface area (Å²) >= 11 is 0. The number of hydrogen-bond donors (Lipinski definition) is 2. The maximum atomic E-state index is 10.7. The molecule has 0 amide bonds. The van der Waals surface area contributed by atoms with Crippen molar-refractivity contribution in [1.29, 1.82) is 0 Å². The normalized spacial score (nSPS) is 12.2. The molecule has 0 aromatic rings. The molecule has 118 valence electrons. The number of rotatable bonds is 14. The molecule has 0 aromatic carbocycles. The Morgan fingerprint density at radius 3 is 1.85 bits per heavy atom. The largest absolute Gasteiger partial charge is 0.481 e. The Balaban J connectivity index is 3.62. The lowest BCUT2D eigenvalue weighted by Gasteiger charge is -2.13. The SMILES string of the molecule is CCCCCCCCCCC(CCC(=O)O)CC(=O)O. The van der Waals surface area contributed by atoms with Crippen LogP contribution in [0.4, 0.5) is 0 Å². The molecule has 0 saturated heterocycles. The smallest absolute Gasteiger partial charge is 0.303 e. The lowest BCUT2D eigenvalue weighted by Crippen LogP contribution is -2.10. The van der Waals surface area contributed by atoms with Gasteiger partial charge in [-0.2, -0.15) is 0 Å². The van der Waals surface area contributed by atoms with Gasteiger partial charge in [0.15, 0.2) is 0 Å². The van der Waals surface area contributed by atoms with Crippen LogP contribution in [0, 0.1) is 5.92 Å². The minimum Gasteiger partial charge on any atom is -0.481 e. The molecule has 0 heterocycles. The standard InChI is InChI=1S/C16H30O4/c1-2-3-4-5-6-7-8-9-10-14(13-16(19)20)11-12-15(17)18/h14H,2-13H2,1H3,(H,17,18)(H,19,20). The van der Waals surface area contributed by atoms with E-state index in [1.54, 1.807) is 0 Å². The number of unbranched alkanes of at least 4 members (excludes halogenated alkanes) is 7. The summed E-state index contributed by atoms with van der Waals surface area (Å²) in [6.45, 7) is 2.21. The van der Waals surface area contributed by atoms with Gasteiger partial charge in [-0.05, 0) is 18.8 Å². The molecule has 0 fully saturated rings. The second-order valence-electron chi connectivity index (χ2n) is 5.66. The van der Waals surface area contributed by atoms with Crippen molar-refractivity contribution in [2.24, 2.45) is 5.92 Å². The van der Waals surface area contributed by atoms with Gasteiger partial charge in [0.25, 0.3) is 0 Å². The maximum absolute atomic E-state index is 10.7. The average molecular weight is 286 g/mol. The Morgan fingerprint density at radius 2 is 1.35 bits per heavy atom. The van der Waals surface area contributed by atoms with Crippen LogP contribution in [0.25, 0.3) is 0 Å². The van der Waals surface area contributed by atoms with Crippen LogP contribution in [-0.4, -0.2) is 22.2 Å². The van der Waals surface area contributed by atoms with E-state index in [9.17, 15) is 9.59 Å². The monoisotopic (exact) mass is 286 g/mol. The van der Waals surface area contributed by atoms with Crippen LogP contribution in [0.1, 0.15) is 84.0 Å². The van der Waals surface area contributed by atoms with E-state index in [1.165, 1.54) is 38.5 Å². The summed E-state index contributed by atoms with van der Waals surface area (Å²) in [7, 11) is 0. The van der Waals surface area contributed by atoms with Crippen molar-refractivity contribution < 1.29 is 19.8 Å². The molecule has 0 bridgehead atoms. The quantitative estimate of drug-likeness (QED) is 0.462. The van der Waals surface area contributed by atoms with Gasteiger partial charge in [-0.1, -0.05) is 58.3 Å². The first-order valence-corrected chi connectivity index (χ1v) is 7.99. The van der Waals surface area contributed by atoms with Gasteiger partial charge in [-0.25, -0.2) is 0 Å². The fraction of sp³-hybridized carbons (Fsp3) is 0.875. The highest BCUT2D eigenvalue weighted by atomic mass is 16.4. The highest BCUT2D eigenvalue weighted by molar-refractivity contribution is 5.68. The van der Waals surface area contributed by atoms with Gasteiger partial charge in [0.05, 0.1) is 0 Å². The second kappa shape index (κ2) is 12.9. The van der Waals surface area contributed by atoms with E-state index in [0.717, 1.165) is 19.3 Å².